The number of phenols is 1. The number of nitrogens with zero attached hydrogens (tertiary/aromatic N) is 1. The quantitative estimate of drug-likeness (QED) is 0.127. The summed E-state index contributed by atoms with van der Waals surface area (Å²) in [7, 11) is 1.42. The summed E-state index contributed by atoms with van der Waals surface area (Å²) in [5, 5.41) is 35.1. The van der Waals surface area contributed by atoms with Crippen molar-refractivity contribution in [2.75, 3.05) is 20.2 Å². The third-order valence-corrected chi connectivity index (χ3v) is 10.2. The molecule has 8 N–H and O–H groups in total. The fourth-order valence-corrected chi connectivity index (χ4v) is 6.64. The minimum Gasteiger partial charge on any atom is -0.508 e. The van der Waals surface area contributed by atoms with Gasteiger partial charge in [0.05, 0.1) is 6.61 Å². The van der Waals surface area contributed by atoms with Crippen LogP contribution in [0.3, 0.4) is 0 Å². The van der Waals surface area contributed by atoms with Gasteiger partial charge in [0, 0.05) is 26.4 Å². The van der Waals surface area contributed by atoms with E-state index in [9.17, 15) is 48.6 Å². The molecular weight excluding hydrogens is 791 g/mol. The summed E-state index contributed by atoms with van der Waals surface area (Å²) in [6.07, 6.45) is 0.549. The summed E-state index contributed by atoms with van der Waals surface area (Å²) in [4.78, 5) is 108. The highest BCUT2D eigenvalue weighted by molar-refractivity contribution is 5.96. The molecule has 1 fully saturated rings. The number of rotatable bonds is 14. The van der Waals surface area contributed by atoms with Gasteiger partial charge >= 0.3 is 18.0 Å². The van der Waals surface area contributed by atoms with Crippen molar-refractivity contribution in [1.29, 1.82) is 0 Å². The molecule has 0 saturated carbocycles. The van der Waals surface area contributed by atoms with E-state index in [1.807, 2.05) is 32.0 Å². The second kappa shape index (κ2) is 24.8. The number of amides is 7. The van der Waals surface area contributed by atoms with Crippen molar-refractivity contribution < 1.29 is 53.3 Å². The van der Waals surface area contributed by atoms with E-state index in [0.29, 0.717) is 6.42 Å². The maximum Gasteiger partial charge on any atom is 0.328 e. The zero-order chi connectivity index (χ0) is 45.1. The Hall–Kier alpha value is -6.20. The SMILES string of the molecule is CCOC(=O)C(CCC(=O)O)NC(=O)NC1CCCCNC(=O)C(Cc2ccccc2)NC(=O)C(C)N(C)C(=O)C(CCc2ccc(O)cc2)NC(=O)C(CC(C)C)NC1=O. The molecule has 6 unspecified atom stereocenters. The van der Waals surface area contributed by atoms with Crippen LogP contribution in [0.2, 0.25) is 0 Å². The predicted octanol–water partition coefficient (Wildman–Crippen LogP) is 1.68. The van der Waals surface area contributed by atoms with Crippen LogP contribution in [-0.4, -0.2) is 119 Å². The average molecular weight is 852 g/mol. The maximum atomic E-state index is 14.2. The molecule has 334 valence electrons. The van der Waals surface area contributed by atoms with Crippen molar-refractivity contribution in [3.8, 4) is 5.75 Å². The summed E-state index contributed by atoms with van der Waals surface area (Å²) in [6, 6.07) is 7.36. The minimum absolute atomic E-state index is 0.0184. The van der Waals surface area contributed by atoms with Crippen molar-refractivity contribution >= 4 is 47.5 Å². The Morgan fingerprint density at radius 3 is 2.15 bits per heavy atom. The lowest BCUT2D eigenvalue weighted by Gasteiger charge is -2.31. The van der Waals surface area contributed by atoms with E-state index in [4.69, 9.17) is 4.74 Å². The number of carbonyl (C=O) groups excluding carboxylic acids is 7. The van der Waals surface area contributed by atoms with Gasteiger partial charge in [-0.3, -0.25) is 28.8 Å². The molecule has 61 heavy (non-hydrogen) atoms. The van der Waals surface area contributed by atoms with E-state index in [1.165, 1.54) is 31.0 Å². The number of aromatic hydroxyl groups is 1. The molecular formula is C43H61N7O11. The third-order valence-electron chi connectivity index (χ3n) is 10.2. The molecule has 1 aliphatic rings. The van der Waals surface area contributed by atoms with E-state index in [1.54, 1.807) is 31.2 Å². The molecule has 0 bridgehead atoms. The fourth-order valence-electron chi connectivity index (χ4n) is 6.64. The molecule has 0 aromatic heterocycles. The second-order valence-electron chi connectivity index (χ2n) is 15.5. The van der Waals surface area contributed by atoms with Crippen molar-refractivity contribution in [3.63, 3.8) is 0 Å². The smallest absolute Gasteiger partial charge is 0.328 e. The van der Waals surface area contributed by atoms with Gasteiger partial charge < -0.3 is 51.8 Å². The minimum atomic E-state index is -1.33. The van der Waals surface area contributed by atoms with Crippen LogP contribution in [0.1, 0.15) is 83.8 Å². The first-order valence-electron chi connectivity index (χ1n) is 20.7. The Kier molecular flexibility index (Phi) is 20.0. The molecule has 18 heteroatoms. The molecule has 0 aliphatic carbocycles. The summed E-state index contributed by atoms with van der Waals surface area (Å²) in [5.74, 6) is -5.26. The number of aryl methyl sites for hydroxylation is 1. The Labute approximate surface area is 356 Å². The van der Waals surface area contributed by atoms with E-state index in [2.05, 4.69) is 31.9 Å². The predicted molar refractivity (Wildman–Crippen MR) is 224 cm³/mol. The number of carboxylic acid groups (broad SMARTS) is 1. The Morgan fingerprint density at radius 2 is 1.51 bits per heavy atom. The zero-order valence-electron chi connectivity index (χ0n) is 35.5. The van der Waals surface area contributed by atoms with Gasteiger partial charge in [-0.05, 0) is 88.0 Å². The van der Waals surface area contributed by atoms with Crippen LogP contribution in [-0.2, 0) is 51.1 Å². The lowest BCUT2D eigenvalue weighted by atomic mass is 9.99. The van der Waals surface area contributed by atoms with E-state index >= 15 is 0 Å². The van der Waals surface area contributed by atoms with Crippen LogP contribution in [0, 0.1) is 5.92 Å². The van der Waals surface area contributed by atoms with E-state index < -0.39 is 90.2 Å². The summed E-state index contributed by atoms with van der Waals surface area (Å²) in [6.45, 7) is 6.85. The molecule has 18 nitrogen and oxygen atoms in total. The Bertz CT molecular complexity index is 1810. The number of urea groups is 1. The largest absolute Gasteiger partial charge is 0.508 e. The summed E-state index contributed by atoms with van der Waals surface area (Å²) in [5.41, 5.74) is 1.53. The Morgan fingerprint density at radius 1 is 0.852 bits per heavy atom. The molecule has 0 radical (unpaired) electrons. The van der Waals surface area contributed by atoms with Crippen LogP contribution < -0.4 is 31.9 Å². The van der Waals surface area contributed by atoms with Crippen molar-refractivity contribution in [2.45, 2.75) is 122 Å². The number of phenolic OH excluding ortho intramolecular Hbond substituents is 1. The summed E-state index contributed by atoms with van der Waals surface area (Å²) >= 11 is 0. The normalized spacial score (nSPS) is 21.6. The van der Waals surface area contributed by atoms with Gasteiger partial charge in [0.1, 0.15) is 42.0 Å². The molecule has 1 heterocycles. The zero-order valence-corrected chi connectivity index (χ0v) is 35.5. The van der Waals surface area contributed by atoms with Crippen LogP contribution in [0.5, 0.6) is 5.75 Å². The molecule has 0 spiro atoms. The van der Waals surface area contributed by atoms with Crippen LogP contribution in [0.15, 0.2) is 54.6 Å². The highest BCUT2D eigenvalue weighted by atomic mass is 16.5. The first-order valence-corrected chi connectivity index (χ1v) is 20.7. The Balaban J connectivity index is 1.99. The van der Waals surface area contributed by atoms with Crippen molar-refractivity contribution in [3.05, 3.63) is 65.7 Å². The topological polar surface area (TPSA) is 262 Å². The van der Waals surface area contributed by atoms with Gasteiger partial charge in [-0.1, -0.05) is 56.3 Å². The highest BCUT2D eigenvalue weighted by Gasteiger charge is 2.35. The number of carbonyl (C=O) groups is 8. The number of esters is 1. The second-order valence-corrected chi connectivity index (χ2v) is 15.5. The fraction of sp³-hybridized carbons (Fsp3) is 0.535. The van der Waals surface area contributed by atoms with Gasteiger partial charge in [-0.25, -0.2) is 9.59 Å². The summed E-state index contributed by atoms with van der Waals surface area (Å²) < 4.78 is 5.01. The number of ether oxygens (including phenoxy) is 1. The molecule has 2 aromatic rings. The number of hydrogen-bond donors (Lipinski definition) is 8. The number of hydrogen-bond acceptors (Lipinski definition) is 10. The average Bonchev–Trinajstić information content (AvgIpc) is 3.22. The van der Waals surface area contributed by atoms with E-state index in [-0.39, 0.29) is 69.8 Å². The number of benzene rings is 2. The lowest BCUT2D eigenvalue weighted by Crippen LogP contribution is -2.59. The third kappa shape index (κ3) is 16.8. The molecule has 1 aliphatic heterocycles. The first kappa shape index (κ1) is 49.2. The number of aliphatic carboxylic acids is 1. The lowest BCUT2D eigenvalue weighted by molar-refractivity contribution is -0.146. The van der Waals surface area contributed by atoms with Crippen LogP contribution in [0.25, 0.3) is 0 Å². The van der Waals surface area contributed by atoms with Gasteiger partial charge in [-0.15, -0.1) is 0 Å². The monoisotopic (exact) mass is 851 g/mol. The van der Waals surface area contributed by atoms with E-state index in [0.717, 1.165) is 11.1 Å². The number of likely N-dealkylation sites (N-methyl/N-ethyl adjacent to an activating group) is 1. The number of nitrogens with one attached hydrogen (secondary N) is 6. The van der Waals surface area contributed by atoms with Crippen LogP contribution in [0.4, 0.5) is 4.79 Å². The van der Waals surface area contributed by atoms with Crippen molar-refractivity contribution in [2.24, 2.45) is 5.92 Å². The maximum absolute atomic E-state index is 14.2. The van der Waals surface area contributed by atoms with Crippen molar-refractivity contribution in [1.82, 2.24) is 36.8 Å². The number of carboxylic acids is 1. The van der Waals surface area contributed by atoms with Gasteiger partial charge in [0.15, 0.2) is 0 Å². The van der Waals surface area contributed by atoms with Crippen LogP contribution >= 0.6 is 0 Å². The van der Waals surface area contributed by atoms with Gasteiger partial charge in [0.25, 0.3) is 0 Å². The first-order chi connectivity index (χ1) is 29.0. The van der Waals surface area contributed by atoms with Gasteiger partial charge in [0.2, 0.25) is 29.5 Å². The molecule has 3 rings (SSSR count). The molecule has 6 atom stereocenters. The molecule has 1 saturated heterocycles. The molecule has 2 aromatic carbocycles. The standard InChI is InChI=1S/C43H61N7O11/c1-6-61-42(59)33(21-22-36(52)53)49-43(60)48-31-14-10-11-23-44-38(55)35(25-29-12-8-7-9-13-29)46-37(54)27(4)50(5)41(58)32(20-17-28-15-18-30(51)19-16-28)45-40(57)34(24-26(2)3)47-39(31)56/h7-9,12-13,15-16,18-19,26-27,31-35,51H,6,10-11,14,17,20-25H2,1-5H3,(H,44,55)(H,45,57)(H,46,54)(H,47,56)(H,52,53)(H2,48,49,60). The highest BCUT2D eigenvalue weighted by Crippen LogP contribution is 2.16. The molecule has 7 amide bonds. The van der Waals surface area contributed by atoms with Gasteiger partial charge in [-0.2, -0.15) is 0 Å².